The molecule has 0 spiro atoms. The van der Waals surface area contributed by atoms with E-state index in [2.05, 4.69) is 4.98 Å². The molecule has 11 heteroatoms. The lowest BCUT2D eigenvalue weighted by Gasteiger charge is -2.20. The fourth-order valence-corrected chi connectivity index (χ4v) is 3.61. The largest absolute Gasteiger partial charge is 0.451 e. The van der Waals surface area contributed by atoms with Crippen molar-refractivity contribution < 1.29 is 14.3 Å². The van der Waals surface area contributed by atoms with Crippen molar-refractivity contribution >= 4 is 46.3 Å². The van der Waals surface area contributed by atoms with Crippen molar-refractivity contribution in [2.75, 3.05) is 24.3 Å². The molecule has 0 saturated heterocycles. The quantitative estimate of drug-likeness (QED) is 0.552. The van der Waals surface area contributed by atoms with Gasteiger partial charge in [0.1, 0.15) is 10.7 Å². The fourth-order valence-electron chi connectivity index (χ4n) is 2.67. The molecule has 3 rings (SSSR count). The minimum absolute atomic E-state index is 0.103. The Kier molecular flexibility index (Phi) is 6.38. The molecule has 0 atom stereocenters. The molecule has 156 valence electrons. The number of H-pyrrole nitrogens is 1. The summed E-state index contributed by atoms with van der Waals surface area (Å²) in [6.07, 6.45) is 0. The average molecular weight is 449 g/mol. The number of nitrogens with two attached hydrogens (primary N) is 1. The number of amides is 1. The molecule has 9 nitrogen and oxygen atoms in total. The first-order valence-electron chi connectivity index (χ1n) is 8.63. The Labute approximate surface area is 179 Å². The molecule has 0 saturated carbocycles. The highest BCUT2D eigenvalue weighted by atomic mass is 35.5. The van der Waals surface area contributed by atoms with E-state index in [9.17, 15) is 19.2 Å². The normalized spacial score (nSPS) is 10.6. The molecule has 0 aliphatic rings. The lowest BCUT2D eigenvalue weighted by molar-refractivity contribution is -0.121. The van der Waals surface area contributed by atoms with Crippen LogP contribution in [0.2, 0.25) is 4.34 Å². The van der Waals surface area contributed by atoms with E-state index in [1.165, 1.54) is 19.2 Å². The summed E-state index contributed by atoms with van der Waals surface area (Å²) in [7, 11) is 1.30. The van der Waals surface area contributed by atoms with E-state index in [0.29, 0.717) is 4.34 Å². The van der Waals surface area contributed by atoms with Crippen LogP contribution in [-0.2, 0) is 16.1 Å². The van der Waals surface area contributed by atoms with Crippen molar-refractivity contribution in [2.24, 2.45) is 0 Å². The fraction of sp³-hybridized carbons (Fsp3) is 0.158. The minimum atomic E-state index is -0.825. The maximum atomic E-state index is 12.5. The molecule has 0 radical (unpaired) electrons. The number of aromatic nitrogens is 2. The zero-order valence-electron chi connectivity index (χ0n) is 15.8. The van der Waals surface area contributed by atoms with E-state index in [4.69, 9.17) is 22.1 Å². The van der Waals surface area contributed by atoms with Crippen LogP contribution in [0, 0.1) is 0 Å². The van der Waals surface area contributed by atoms with Gasteiger partial charge in [0.25, 0.3) is 11.5 Å². The molecule has 1 amide bonds. The van der Waals surface area contributed by atoms with Crippen LogP contribution >= 0.6 is 22.9 Å². The van der Waals surface area contributed by atoms with Gasteiger partial charge in [0.15, 0.2) is 12.3 Å². The van der Waals surface area contributed by atoms with Gasteiger partial charge < -0.3 is 15.4 Å². The van der Waals surface area contributed by atoms with E-state index in [1.54, 1.807) is 24.3 Å². The first kappa shape index (κ1) is 21.3. The van der Waals surface area contributed by atoms with Gasteiger partial charge in [-0.3, -0.25) is 19.1 Å². The number of halogens is 1. The van der Waals surface area contributed by atoms with Crippen LogP contribution in [0.25, 0.3) is 0 Å². The number of hydrogen-bond donors (Lipinski definition) is 2. The van der Waals surface area contributed by atoms with Gasteiger partial charge in [0, 0.05) is 7.05 Å². The number of esters is 1. The third-order valence-corrected chi connectivity index (χ3v) is 5.42. The molecule has 0 fully saturated rings. The summed E-state index contributed by atoms with van der Waals surface area (Å²) >= 11 is 6.79. The second-order valence-electron chi connectivity index (χ2n) is 6.20. The van der Waals surface area contributed by atoms with Gasteiger partial charge in [-0.05, 0) is 17.7 Å². The van der Waals surface area contributed by atoms with Gasteiger partial charge in [-0.2, -0.15) is 0 Å². The highest BCUT2D eigenvalue weighted by Crippen LogP contribution is 2.22. The Morgan fingerprint density at radius 2 is 1.90 bits per heavy atom. The van der Waals surface area contributed by atoms with Gasteiger partial charge in [-0.15, -0.1) is 11.3 Å². The number of hydrogen-bond acceptors (Lipinski definition) is 7. The third kappa shape index (κ3) is 4.61. The van der Waals surface area contributed by atoms with Crippen molar-refractivity contribution in [3.05, 3.63) is 78.1 Å². The topological polar surface area (TPSA) is 127 Å². The van der Waals surface area contributed by atoms with Gasteiger partial charge in [0.05, 0.1) is 10.9 Å². The predicted molar refractivity (Wildman–Crippen MR) is 114 cm³/mol. The number of nitrogen functional groups attached to an aromatic ring is 1. The van der Waals surface area contributed by atoms with E-state index < -0.39 is 29.7 Å². The monoisotopic (exact) mass is 448 g/mol. The summed E-state index contributed by atoms with van der Waals surface area (Å²) in [6, 6.07) is 12.0. The number of nitrogens with zero attached hydrogens (tertiary/aromatic N) is 2. The van der Waals surface area contributed by atoms with Gasteiger partial charge >= 0.3 is 11.7 Å². The van der Waals surface area contributed by atoms with Crippen LogP contribution in [0.1, 0.15) is 15.2 Å². The molecule has 2 heterocycles. The molecule has 0 aliphatic carbocycles. The molecule has 1 aromatic carbocycles. The number of rotatable bonds is 6. The first-order chi connectivity index (χ1) is 14.3. The number of aromatic amines is 1. The van der Waals surface area contributed by atoms with E-state index >= 15 is 0 Å². The summed E-state index contributed by atoms with van der Waals surface area (Å²) in [6.45, 7) is -0.521. The first-order valence-corrected chi connectivity index (χ1v) is 9.83. The second kappa shape index (κ2) is 8.97. The zero-order chi connectivity index (χ0) is 21.8. The maximum absolute atomic E-state index is 12.5. The molecule has 3 N–H and O–H groups in total. The molecule has 0 bridgehead atoms. The van der Waals surface area contributed by atoms with Crippen molar-refractivity contribution in [2.45, 2.75) is 6.54 Å². The van der Waals surface area contributed by atoms with Crippen LogP contribution in [0.4, 0.5) is 11.5 Å². The second-order valence-corrected chi connectivity index (χ2v) is 7.91. The highest BCUT2D eigenvalue weighted by Gasteiger charge is 2.22. The minimum Gasteiger partial charge on any atom is -0.451 e. The molecular weight excluding hydrogens is 432 g/mol. The Morgan fingerprint density at radius 3 is 2.53 bits per heavy atom. The molecule has 0 unspecified atom stereocenters. The Morgan fingerprint density at radius 1 is 1.20 bits per heavy atom. The Bertz CT molecular complexity index is 1200. The summed E-state index contributed by atoms with van der Waals surface area (Å²) in [5.41, 5.74) is 5.09. The molecule has 2 aromatic heterocycles. The predicted octanol–water partition coefficient (Wildman–Crippen LogP) is 1.70. The molecule has 30 heavy (non-hydrogen) atoms. The van der Waals surface area contributed by atoms with Crippen LogP contribution in [0.3, 0.4) is 0 Å². The van der Waals surface area contributed by atoms with Gasteiger partial charge in [-0.25, -0.2) is 9.59 Å². The average Bonchev–Trinajstić information content (AvgIpc) is 3.16. The van der Waals surface area contributed by atoms with Crippen LogP contribution in [-0.4, -0.2) is 35.1 Å². The summed E-state index contributed by atoms with van der Waals surface area (Å²) < 4.78 is 6.53. The number of thiophene rings is 1. The number of carbonyl (C=O) groups excluding carboxylic acids is 2. The standard InChI is InChI=1S/C19H17ClN4O5S/c1-23(14(25)10-29-18(27)12-7-8-13(20)30-12)15-16(21)24(19(28)22-17(15)26)9-11-5-3-2-4-6-11/h2-8H,9-10,21H2,1H3,(H,22,26,28). The molecular formula is C19H17ClN4O5S. The van der Waals surface area contributed by atoms with Crippen LogP contribution in [0.15, 0.2) is 52.1 Å². The summed E-state index contributed by atoms with van der Waals surface area (Å²) in [5.74, 6) is -1.60. The number of likely N-dealkylation sites (N-methyl/N-ethyl adjacent to an activating group) is 1. The van der Waals surface area contributed by atoms with Gasteiger partial charge in [0.2, 0.25) is 0 Å². The number of anilines is 2. The van der Waals surface area contributed by atoms with Crippen LogP contribution in [0.5, 0.6) is 0 Å². The van der Waals surface area contributed by atoms with Gasteiger partial charge in [-0.1, -0.05) is 41.9 Å². The number of nitrogens with one attached hydrogen (secondary N) is 1. The van der Waals surface area contributed by atoms with Crippen molar-refractivity contribution in [3.63, 3.8) is 0 Å². The van der Waals surface area contributed by atoms with Crippen LogP contribution < -0.4 is 21.9 Å². The van der Waals surface area contributed by atoms with Crippen molar-refractivity contribution in [1.82, 2.24) is 9.55 Å². The smallest absolute Gasteiger partial charge is 0.348 e. The lowest BCUT2D eigenvalue weighted by atomic mass is 10.2. The van der Waals surface area contributed by atoms with Crippen molar-refractivity contribution in [1.29, 1.82) is 0 Å². The Balaban J connectivity index is 1.80. The summed E-state index contributed by atoms with van der Waals surface area (Å²) in [4.78, 5) is 52.3. The zero-order valence-corrected chi connectivity index (χ0v) is 17.3. The van der Waals surface area contributed by atoms with E-state index in [0.717, 1.165) is 26.4 Å². The summed E-state index contributed by atoms with van der Waals surface area (Å²) in [5, 5.41) is 0. The lowest BCUT2D eigenvalue weighted by Crippen LogP contribution is -2.40. The SMILES string of the molecule is CN(C(=O)COC(=O)c1ccc(Cl)s1)c1c(N)n(Cc2ccccc2)c(=O)[nH]c1=O. The number of carbonyl (C=O) groups is 2. The molecule has 0 aliphatic heterocycles. The maximum Gasteiger partial charge on any atom is 0.348 e. The van der Waals surface area contributed by atoms with Crippen molar-refractivity contribution in [3.8, 4) is 0 Å². The van der Waals surface area contributed by atoms with E-state index in [-0.39, 0.29) is 22.9 Å². The van der Waals surface area contributed by atoms with E-state index in [1.807, 2.05) is 6.07 Å². The highest BCUT2D eigenvalue weighted by molar-refractivity contribution is 7.17. The Hall–Kier alpha value is -3.37. The number of ether oxygens (including phenoxy) is 1. The third-order valence-electron chi connectivity index (χ3n) is 4.21. The number of benzene rings is 1. The molecule has 3 aromatic rings.